The summed E-state index contributed by atoms with van der Waals surface area (Å²) in [6.07, 6.45) is 8.75. The molecular formula is C31H30N6. The quantitative estimate of drug-likeness (QED) is 0.319. The Labute approximate surface area is 216 Å². The van der Waals surface area contributed by atoms with Crippen LogP contribution < -0.4 is 0 Å². The summed E-state index contributed by atoms with van der Waals surface area (Å²) in [5.74, 6) is 1.53. The molecule has 6 heteroatoms. The van der Waals surface area contributed by atoms with E-state index in [1.165, 1.54) is 36.8 Å². The number of hydrogen-bond acceptors (Lipinski definition) is 4. The van der Waals surface area contributed by atoms with Crippen LogP contribution in [0.1, 0.15) is 25.3 Å². The molecule has 2 aliphatic rings. The van der Waals surface area contributed by atoms with Gasteiger partial charge in [0.05, 0.1) is 40.8 Å². The average molecular weight is 487 g/mol. The summed E-state index contributed by atoms with van der Waals surface area (Å²) in [6, 6.07) is 19.6. The number of fused-ring (bicyclic) bond motifs is 3. The second kappa shape index (κ2) is 8.57. The van der Waals surface area contributed by atoms with Gasteiger partial charge in [-0.3, -0.25) is 14.6 Å². The summed E-state index contributed by atoms with van der Waals surface area (Å²) < 4.78 is 4.31. The summed E-state index contributed by atoms with van der Waals surface area (Å²) in [4.78, 5) is 7.72. The molecule has 2 saturated heterocycles. The van der Waals surface area contributed by atoms with Gasteiger partial charge in [0.2, 0.25) is 0 Å². The van der Waals surface area contributed by atoms with E-state index in [0.29, 0.717) is 11.5 Å². The second-order valence-corrected chi connectivity index (χ2v) is 10.9. The summed E-state index contributed by atoms with van der Waals surface area (Å²) in [6.45, 7) is 5.94. The van der Waals surface area contributed by atoms with Crippen LogP contribution in [0.5, 0.6) is 0 Å². The number of nitrogens with zero attached hydrogens (tertiary/aromatic N) is 6. The molecule has 37 heavy (non-hydrogen) atoms. The predicted molar refractivity (Wildman–Crippen MR) is 147 cm³/mol. The second-order valence-electron chi connectivity index (χ2n) is 10.9. The van der Waals surface area contributed by atoms with Crippen LogP contribution in [0.4, 0.5) is 0 Å². The molecule has 0 aliphatic carbocycles. The number of aryl methyl sites for hydroxylation is 1. The van der Waals surface area contributed by atoms with Crippen LogP contribution in [0.15, 0.2) is 67.1 Å². The van der Waals surface area contributed by atoms with Crippen molar-refractivity contribution in [1.82, 2.24) is 24.2 Å². The zero-order chi connectivity index (χ0) is 25.1. The smallest absolute Gasteiger partial charge is 0.0991 e. The minimum absolute atomic E-state index is 0.663. The molecule has 0 N–H and O–H groups in total. The molecule has 6 nitrogen and oxygen atoms in total. The van der Waals surface area contributed by atoms with Crippen molar-refractivity contribution in [3.05, 3.63) is 72.7 Å². The maximum Gasteiger partial charge on any atom is 0.0991 e. The van der Waals surface area contributed by atoms with Crippen molar-refractivity contribution in [3.63, 3.8) is 0 Å². The molecule has 2 aromatic carbocycles. The van der Waals surface area contributed by atoms with Crippen molar-refractivity contribution in [2.75, 3.05) is 13.1 Å². The topological polar surface area (TPSA) is 62.7 Å². The van der Waals surface area contributed by atoms with E-state index in [9.17, 15) is 5.26 Å². The number of pyridine rings is 1. The fraction of sp³-hybridized carbons (Fsp3) is 0.323. The van der Waals surface area contributed by atoms with Gasteiger partial charge in [-0.05, 0) is 67.1 Å². The Hall–Kier alpha value is -3.95. The highest BCUT2D eigenvalue weighted by molar-refractivity contribution is 6.02. The summed E-state index contributed by atoms with van der Waals surface area (Å²) in [7, 11) is 1.96. The summed E-state index contributed by atoms with van der Waals surface area (Å²) in [5, 5.41) is 16.1. The minimum Gasteiger partial charge on any atom is -0.346 e. The van der Waals surface area contributed by atoms with Crippen molar-refractivity contribution in [3.8, 4) is 28.5 Å². The Morgan fingerprint density at radius 3 is 2.68 bits per heavy atom. The van der Waals surface area contributed by atoms with E-state index in [1.54, 1.807) is 0 Å². The highest BCUT2D eigenvalue weighted by Crippen LogP contribution is 2.40. The Morgan fingerprint density at radius 2 is 1.86 bits per heavy atom. The van der Waals surface area contributed by atoms with Gasteiger partial charge in [0.15, 0.2) is 0 Å². The number of hydrogen-bond donors (Lipinski definition) is 0. The van der Waals surface area contributed by atoms with Gasteiger partial charge in [0.25, 0.3) is 0 Å². The molecule has 184 valence electrons. The van der Waals surface area contributed by atoms with Crippen molar-refractivity contribution < 1.29 is 0 Å². The molecule has 5 aromatic rings. The third-order valence-corrected chi connectivity index (χ3v) is 8.65. The Balaban J connectivity index is 1.33. The predicted octanol–water partition coefficient (Wildman–Crippen LogP) is 5.86. The number of benzene rings is 2. The molecule has 3 aromatic heterocycles. The molecule has 2 fully saturated rings. The van der Waals surface area contributed by atoms with Gasteiger partial charge in [0.1, 0.15) is 0 Å². The van der Waals surface area contributed by atoms with Crippen molar-refractivity contribution in [1.29, 1.82) is 5.26 Å². The Kier molecular flexibility index (Phi) is 5.16. The van der Waals surface area contributed by atoms with Crippen LogP contribution >= 0.6 is 0 Å². The first-order valence-corrected chi connectivity index (χ1v) is 13.2. The molecule has 0 amide bonds. The van der Waals surface area contributed by atoms with E-state index < -0.39 is 0 Å². The number of piperidine rings is 1. The molecule has 0 spiro atoms. The fourth-order valence-corrected chi connectivity index (χ4v) is 6.59. The number of rotatable bonds is 4. The minimum atomic E-state index is 0.663. The normalized spacial score (nSPS) is 21.6. The highest BCUT2D eigenvalue weighted by Gasteiger charge is 2.40. The molecule has 5 heterocycles. The van der Waals surface area contributed by atoms with E-state index in [0.717, 1.165) is 51.8 Å². The van der Waals surface area contributed by atoms with Crippen LogP contribution in [0, 0.1) is 23.2 Å². The largest absolute Gasteiger partial charge is 0.346 e. The van der Waals surface area contributed by atoms with E-state index >= 15 is 0 Å². The number of aromatic nitrogens is 4. The van der Waals surface area contributed by atoms with E-state index in [4.69, 9.17) is 4.98 Å². The lowest BCUT2D eigenvalue weighted by atomic mass is 9.78. The van der Waals surface area contributed by atoms with Crippen LogP contribution in [-0.2, 0) is 13.6 Å². The van der Waals surface area contributed by atoms with Gasteiger partial charge in [-0.15, -0.1) is 0 Å². The average Bonchev–Trinajstić information content (AvgIpc) is 3.51. The molecular weight excluding hydrogens is 456 g/mol. The maximum absolute atomic E-state index is 9.34. The number of nitriles is 1. The van der Waals surface area contributed by atoms with Crippen LogP contribution in [0.2, 0.25) is 0 Å². The van der Waals surface area contributed by atoms with Gasteiger partial charge in [-0.25, -0.2) is 0 Å². The lowest BCUT2D eigenvalue weighted by Gasteiger charge is -2.52. The molecule has 2 aliphatic heterocycles. The molecule has 1 unspecified atom stereocenters. The SMILES string of the molecule is C[C@H]1CN2CC[C@@H](Cn3ccc4c(-c5ccc(C#N)cc5)c(-c5ccc6c(cnn6C)c5)ncc43)CC12. The van der Waals surface area contributed by atoms with Gasteiger partial charge in [0, 0.05) is 54.3 Å². The molecule has 0 bridgehead atoms. The lowest BCUT2D eigenvalue weighted by Crippen LogP contribution is -2.58. The first-order valence-electron chi connectivity index (χ1n) is 13.2. The Morgan fingerprint density at radius 1 is 1.03 bits per heavy atom. The van der Waals surface area contributed by atoms with E-state index in [2.05, 4.69) is 58.0 Å². The van der Waals surface area contributed by atoms with Crippen LogP contribution in [-0.4, -0.2) is 43.4 Å². The van der Waals surface area contributed by atoms with Gasteiger partial charge >= 0.3 is 0 Å². The summed E-state index contributed by atoms with van der Waals surface area (Å²) in [5.41, 5.74) is 7.16. The van der Waals surface area contributed by atoms with E-state index in [1.807, 2.05) is 48.4 Å². The van der Waals surface area contributed by atoms with Crippen molar-refractivity contribution >= 4 is 21.8 Å². The lowest BCUT2D eigenvalue weighted by molar-refractivity contribution is -0.0262. The van der Waals surface area contributed by atoms with E-state index in [-0.39, 0.29) is 0 Å². The summed E-state index contributed by atoms with van der Waals surface area (Å²) >= 11 is 0. The van der Waals surface area contributed by atoms with Crippen LogP contribution in [0.25, 0.3) is 44.2 Å². The van der Waals surface area contributed by atoms with Crippen LogP contribution in [0.3, 0.4) is 0 Å². The first-order chi connectivity index (χ1) is 18.1. The standard InChI is InChI=1S/C31H30N6/c1-20-18-36-11-9-22(13-28(20)36)19-37-12-10-26-29(37)17-33-31(30(26)23-5-3-21(15-32)4-6-23)24-7-8-27-25(14-24)16-34-35(27)2/h3-8,10,12,14,16-17,20,22,28H,9,11,13,18-19H2,1-2H3/t20-,22+,28?/m0/s1. The fourth-order valence-electron chi connectivity index (χ4n) is 6.59. The zero-order valence-electron chi connectivity index (χ0n) is 21.3. The zero-order valence-corrected chi connectivity index (χ0v) is 21.3. The third-order valence-electron chi connectivity index (χ3n) is 8.65. The van der Waals surface area contributed by atoms with Gasteiger partial charge in [-0.1, -0.05) is 25.1 Å². The molecule has 0 radical (unpaired) electrons. The first kappa shape index (κ1) is 22.3. The Bertz CT molecular complexity index is 1670. The third kappa shape index (κ3) is 3.65. The van der Waals surface area contributed by atoms with Crippen molar-refractivity contribution in [2.24, 2.45) is 18.9 Å². The maximum atomic E-state index is 9.34. The monoisotopic (exact) mass is 486 g/mol. The van der Waals surface area contributed by atoms with Crippen molar-refractivity contribution in [2.45, 2.75) is 32.4 Å². The molecule has 3 atom stereocenters. The van der Waals surface area contributed by atoms with Gasteiger partial charge in [-0.2, -0.15) is 10.4 Å². The van der Waals surface area contributed by atoms with Gasteiger partial charge < -0.3 is 4.57 Å². The highest BCUT2D eigenvalue weighted by atomic mass is 15.2. The molecule has 7 rings (SSSR count). The molecule has 0 saturated carbocycles.